The van der Waals surface area contributed by atoms with Crippen LogP contribution in [0.2, 0.25) is 5.02 Å². The SMILES string of the molecule is CC(C)c1cccc(C(C)C)c1-c1cccc(Cl)c1. The average molecular weight is 273 g/mol. The van der Waals surface area contributed by atoms with E-state index in [-0.39, 0.29) is 0 Å². The molecule has 2 aromatic carbocycles. The third-order valence-electron chi connectivity index (χ3n) is 3.49. The normalized spacial score (nSPS) is 11.3. The minimum absolute atomic E-state index is 0.507. The lowest BCUT2D eigenvalue weighted by atomic mass is 9.85. The molecule has 0 aliphatic rings. The summed E-state index contributed by atoms with van der Waals surface area (Å²) in [6, 6.07) is 14.8. The molecular formula is C18H21Cl. The van der Waals surface area contributed by atoms with Gasteiger partial charge in [0.2, 0.25) is 0 Å². The second-order valence-corrected chi connectivity index (χ2v) is 6.07. The third kappa shape index (κ3) is 3.01. The van der Waals surface area contributed by atoms with Crippen molar-refractivity contribution in [3.8, 4) is 11.1 Å². The standard InChI is InChI=1S/C18H21Cl/c1-12(2)16-9-6-10-17(13(3)4)18(16)14-7-5-8-15(19)11-14/h5-13H,1-4H3. The summed E-state index contributed by atoms with van der Waals surface area (Å²) in [5.74, 6) is 1.01. The molecule has 0 fully saturated rings. The Kier molecular flexibility index (Phi) is 4.31. The molecule has 1 heteroatoms. The highest BCUT2D eigenvalue weighted by Crippen LogP contribution is 2.36. The molecular weight excluding hydrogens is 252 g/mol. The van der Waals surface area contributed by atoms with E-state index in [0.29, 0.717) is 11.8 Å². The molecule has 19 heavy (non-hydrogen) atoms. The molecule has 0 N–H and O–H groups in total. The van der Waals surface area contributed by atoms with E-state index in [1.54, 1.807) is 0 Å². The van der Waals surface area contributed by atoms with Crippen molar-refractivity contribution in [1.82, 2.24) is 0 Å². The van der Waals surface area contributed by atoms with Gasteiger partial charge in [0.05, 0.1) is 0 Å². The first-order chi connectivity index (χ1) is 9.00. The van der Waals surface area contributed by atoms with Gasteiger partial charge in [0.15, 0.2) is 0 Å². The minimum Gasteiger partial charge on any atom is -0.0843 e. The van der Waals surface area contributed by atoms with E-state index in [0.717, 1.165) is 5.02 Å². The van der Waals surface area contributed by atoms with E-state index in [9.17, 15) is 0 Å². The summed E-state index contributed by atoms with van der Waals surface area (Å²) in [6.07, 6.45) is 0. The van der Waals surface area contributed by atoms with Gasteiger partial charge in [-0.3, -0.25) is 0 Å². The summed E-state index contributed by atoms with van der Waals surface area (Å²) in [7, 11) is 0. The molecule has 0 radical (unpaired) electrons. The number of halogens is 1. The molecule has 0 saturated carbocycles. The largest absolute Gasteiger partial charge is 0.0843 e. The summed E-state index contributed by atoms with van der Waals surface area (Å²) in [5.41, 5.74) is 5.37. The third-order valence-corrected chi connectivity index (χ3v) is 3.72. The first-order valence-electron chi connectivity index (χ1n) is 6.89. The van der Waals surface area contributed by atoms with E-state index >= 15 is 0 Å². The molecule has 0 nitrogen and oxygen atoms in total. The smallest absolute Gasteiger partial charge is 0.0412 e. The van der Waals surface area contributed by atoms with Crippen LogP contribution >= 0.6 is 11.6 Å². The fourth-order valence-electron chi connectivity index (χ4n) is 2.53. The maximum atomic E-state index is 6.16. The molecule has 0 aromatic heterocycles. The summed E-state index contributed by atoms with van der Waals surface area (Å²) in [5, 5.41) is 0.797. The fraction of sp³-hybridized carbons (Fsp3) is 0.333. The lowest BCUT2D eigenvalue weighted by Gasteiger charge is -2.20. The lowest BCUT2D eigenvalue weighted by Crippen LogP contribution is -1.99. The number of hydrogen-bond donors (Lipinski definition) is 0. The van der Waals surface area contributed by atoms with Crippen LogP contribution in [0.5, 0.6) is 0 Å². The first kappa shape index (κ1) is 14.1. The molecule has 0 saturated heterocycles. The first-order valence-corrected chi connectivity index (χ1v) is 7.27. The van der Waals surface area contributed by atoms with Crippen LogP contribution in [0, 0.1) is 0 Å². The topological polar surface area (TPSA) is 0 Å². The van der Waals surface area contributed by atoms with Gasteiger partial charge in [-0.2, -0.15) is 0 Å². The zero-order valence-electron chi connectivity index (χ0n) is 12.1. The summed E-state index contributed by atoms with van der Waals surface area (Å²) in [6.45, 7) is 8.97. The highest BCUT2D eigenvalue weighted by Gasteiger charge is 2.15. The quantitative estimate of drug-likeness (QED) is 0.619. The molecule has 100 valence electrons. The van der Waals surface area contributed by atoms with Crippen LogP contribution in [0.1, 0.15) is 50.7 Å². The summed E-state index contributed by atoms with van der Waals surface area (Å²) < 4.78 is 0. The van der Waals surface area contributed by atoms with E-state index in [2.05, 4.69) is 58.0 Å². The van der Waals surface area contributed by atoms with Crippen molar-refractivity contribution in [3.05, 3.63) is 58.6 Å². The van der Waals surface area contributed by atoms with Crippen LogP contribution in [0.15, 0.2) is 42.5 Å². The summed E-state index contributed by atoms with van der Waals surface area (Å²) >= 11 is 6.16. The highest BCUT2D eigenvalue weighted by molar-refractivity contribution is 6.30. The van der Waals surface area contributed by atoms with E-state index in [1.165, 1.54) is 22.3 Å². The van der Waals surface area contributed by atoms with Gasteiger partial charge in [0, 0.05) is 5.02 Å². The second-order valence-electron chi connectivity index (χ2n) is 5.63. The molecule has 0 aliphatic carbocycles. The van der Waals surface area contributed by atoms with Crippen LogP contribution in [0.3, 0.4) is 0 Å². The van der Waals surface area contributed by atoms with Crippen molar-refractivity contribution in [3.63, 3.8) is 0 Å². The number of hydrogen-bond acceptors (Lipinski definition) is 0. The lowest BCUT2D eigenvalue weighted by molar-refractivity contribution is 0.838. The van der Waals surface area contributed by atoms with Crippen LogP contribution in [-0.4, -0.2) is 0 Å². The Morgan fingerprint density at radius 1 is 0.789 bits per heavy atom. The average Bonchev–Trinajstić information content (AvgIpc) is 2.37. The Morgan fingerprint density at radius 2 is 1.32 bits per heavy atom. The fourth-order valence-corrected chi connectivity index (χ4v) is 2.72. The zero-order chi connectivity index (χ0) is 14.0. The number of benzene rings is 2. The molecule has 0 amide bonds. The van der Waals surface area contributed by atoms with Crippen molar-refractivity contribution >= 4 is 11.6 Å². The Labute approximate surface area is 121 Å². The van der Waals surface area contributed by atoms with Crippen LogP contribution in [0.4, 0.5) is 0 Å². The van der Waals surface area contributed by atoms with Gasteiger partial charge in [-0.25, -0.2) is 0 Å². The maximum Gasteiger partial charge on any atom is 0.0412 e. The molecule has 0 spiro atoms. The van der Waals surface area contributed by atoms with Gasteiger partial charge in [-0.15, -0.1) is 0 Å². The molecule has 0 atom stereocenters. The molecule has 0 heterocycles. The second kappa shape index (κ2) is 5.79. The minimum atomic E-state index is 0.507. The van der Waals surface area contributed by atoms with Gasteiger partial charge < -0.3 is 0 Å². The Bertz CT molecular complexity index is 541. The van der Waals surface area contributed by atoms with Gasteiger partial charge in [-0.05, 0) is 46.2 Å². The molecule has 0 bridgehead atoms. The predicted molar refractivity (Wildman–Crippen MR) is 85.1 cm³/mol. The maximum absolute atomic E-state index is 6.16. The molecule has 0 aliphatic heterocycles. The van der Waals surface area contributed by atoms with Crippen LogP contribution in [0.25, 0.3) is 11.1 Å². The van der Waals surface area contributed by atoms with Gasteiger partial charge in [0.1, 0.15) is 0 Å². The molecule has 2 rings (SSSR count). The van der Waals surface area contributed by atoms with Crippen molar-refractivity contribution in [1.29, 1.82) is 0 Å². The Hall–Kier alpha value is -1.27. The van der Waals surface area contributed by atoms with E-state index in [4.69, 9.17) is 11.6 Å². The summed E-state index contributed by atoms with van der Waals surface area (Å²) in [4.78, 5) is 0. The Morgan fingerprint density at radius 3 is 1.79 bits per heavy atom. The van der Waals surface area contributed by atoms with Crippen molar-refractivity contribution in [2.75, 3.05) is 0 Å². The predicted octanol–water partition coefficient (Wildman–Crippen LogP) is 6.25. The van der Waals surface area contributed by atoms with Crippen LogP contribution in [-0.2, 0) is 0 Å². The molecule has 2 aromatic rings. The van der Waals surface area contributed by atoms with Gasteiger partial charge in [-0.1, -0.05) is 69.6 Å². The van der Waals surface area contributed by atoms with Crippen molar-refractivity contribution < 1.29 is 0 Å². The zero-order valence-corrected chi connectivity index (χ0v) is 12.8. The van der Waals surface area contributed by atoms with E-state index < -0.39 is 0 Å². The van der Waals surface area contributed by atoms with Gasteiger partial charge in [0.25, 0.3) is 0 Å². The van der Waals surface area contributed by atoms with Crippen molar-refractivity contribution in [2.45, 2.75) is 39.5 Å². The Balaban J connectivity index is 2.71. The van der Waals surface area contributed by atoms with Gasteiger partial charge >= 0.3 is 0 Å². The van der Waals surface area contributed by atoms with E-state index in [1.807, 2.05) is 12.1 Å². The highest BCUT2D eigenvalue weighted by atomic mass is 35.5. The van der Waals surface area contributed by atoms with Crippen molar-refractivity contribution in [2.24, 2.45) is 0 Å². The monoisotopic (exact) mass is 272 g/mol. The van der Waals surface area contributed by atoms with Crippen LogP contribution < -0.4 is 0 Å². The number of rotatable bonds is 3. The molecule has 0 unspecified atom stereocenters.